The molecule has 2 rings (SSSR count). The fraction of sp³-hybridized carbons (Fsp3) is 0.263. The van der Waals surface area contributed by atoms with Crippen LogP contribution in [0.2, 0.25) is 0 Å². The van der Waals surface area contributed by atoms with E-state index in [4.69, 9.17) is 9.47 Å². The van der Waals surface area contributed by atoms with Crippen molar-refractivity contribution in [1.29, 1.82) is 0 Å². The van der Waals surface area contributed by atoms with Crippen molar-refractivity contribution in [3.8, 4) is 5.75 Å². The number of hydrogen-bond donors (Lipinski definition) is 1. The lowest BCUT2D eigenvalue weighted by Gasteiger charge is -2.13. The van der Waals surface area contributed by atoms with Crippen molar-refractivity contribution in [3.05, 3.63) is 60.2 Å². The lowest BCUT2D eigenvalue weighted by atomic mass is 10.2. The molecule has 0 unspecified atom stereocenters. The minimum atomic E-state index is -0.895. The van der Waals surface area contributed by atoms with Gasteiger partial charge >= 0.3 is 5.97 Å². The summed E-state index contributed by atoms with van der Waals surface area (Å²) in [6.45, 7) is 4.18. The number of amides is 1. The summed E-state index contributed by atoms with van der Waals surface area (Å²) in [4.78, 5) is 24.1. The van der Waals surface area contributed by atoms with Crippen LogP contribution in [0.5, 0.6) is 5.75 Å². The van der Waals surface area contributed by atoms with E-state index in [9.17, 15) is 9.59 Å². The molecule has 1 atom stereocenters. The van der Waals surface area contributed by atoms with Gasteiger partial charge in [-0.05, 0) is 49.7 Å². The van der Waals surface area contributed by atoms with Gasteiger partial charge in [0.05, 0.1) is 12.2 Å². The molecule has 2 aromatic rings. The molecule has 2 aromatic carbocycles. The highest BCUT2D eigenvalue weighted by Crippen LogP contribution is 2.14. The number of para-hydroxylation sites is 1. The Balaban J connectivity index is 1.89. The zero-order valence-corrected chi connectivity index (χ0v) is 13.8. The molecule has 0 aliphatic rings. The molecule has 0 aromatic heterocycles. The lowest BCUT2D eigenvalue weighted by Crippen LogP contribution is -2.29. The molecule has 126 valence electrons. The summed E-state index contributed by atoms with van der Waals surface area (Å²) in [5.74, 6) is -0.228. The number of anilines is 1. The van der Waals surface area contributed by atoms with Crippen molar-refractivity contribution in [2.45, 2.75) is 26.4 Å². The average Bonchev–Trinajstić information content (AvgIpc) is 2.61. The van der Waals surface area contributed by atoms with Gasteiger partial charge in [-0.2, -0.15) is 0 Å². The molecule has 1 N–H and O–H groups in total. The van der Waals surface area contributed by atoms with Crippen molar-refractivity contribution >= 4 is 17.6 Å². The molecule has 0 bridgehead atoms. The highest BCUT2D eigenvalue weighted by atomic mass is 16.5. The van der Waals surface area contributed by atoms with E-state index in [0.717, 1.165) is 6.42 Å². The van der Waals surface area contributed by atoms with Crippen LogP contribution < -0.4 is 10.1 Å². The maximum atomic E-state index is 12.1. The van der Waals surface area contributed by atoms with Crippen LogP contribution in [0.3, 0.4) is 0 Å². The summed E-state index contributed by atoms with van der Waals surface area (Å²) in [6, 6.07) is 15.7. The fourth-order valence-electron chi connectivity index (χ4n) is 1.95. The van der Waals surface area contributed by atoms with E-state index in [1.807, 2.05) is 25.1 Å². The monoisotopic (exact) mass is 327 g/mol. The van der Waals surface area contributed by atoms with Gasteiger partial charge in [0, 0.05) is 5.69 Å². The van der Waals surface area contributed by atoms with Crippen LogP contribution in [0.1, 0.15) is 30.6 Å². The molecule has 0 aliphatic heterocycles. The molecular weight excluding hydrogens is 306 g/mol. The topological polar surface area (TPSA) is 64.6 Å². The highest BCUT2D eigenvalue weighted by Gasteiger charge is 2.19. The molecule has 0 heterocycles. The van der Waals surface area contributed by atoms with Crippen molar-refractivity contribution in [3.63, 3.8) is 0 Å². The minimum absolute atomic E-state index is 0.373. The van der Waals surface area contributed by atoms with Crippen LogP contribution >= 0.6 is 0 Å². The molecule has 0 saturated carbocycles. The maximum absolute atomic E-state index is 12.1. The first-order valence-electron chi connectivity index (χ1n) is 7.90. The summed E-state index contributed by atoms with van der Waals surface area (Å²) in [6.07, 6.45) is 0.0198. The molecule has 1 amide bonds. The Morgan fingerprint density at radius 1 is 1.04 bits per heavy atom. The number of hydrogen-bond acceptors (Lipinski definition) is 4. The normalized spacial score (nSPS) is 11.4. The second kappa shape index (κ2) is 8.72. The molecule has 0 aliphatic carbocycles. The minimum Gasteiger partial charge on any atom is -0.494 e. The first-order valence-corrected chi connectivity index (χ1v) is 7.90. The second-order valence-corrected chi connectivity index (χ2v) is 5.28. The SMILES string of the molecule is CCCOc1ccc(C(=O)O[C@H](C)C(=O)Nc2ccccc2)cc1. The summed E-state index contributed by atoms with van der Waals surface area (Å²) in [7, 11) is 0. The second-order valence-electron chi connectivity index (χ2n) is 5.28. The van der Waals surface area contributed by atoms with Gasteiger partial charge in [-0.3, -0.25) is 4.79 Å². The van der Waals surface area contributed by atoms with E-state index in [0.29, 0.717) is 23.6 Å². The van der Waals surface area contributed by atoms with Gasteiger partial charge in [0.1, 0.15) is 5.75 Å². The first kappa shape index (κ1) is 17.5. The Hall–Kier alpha value is -2.82. The fourth-order valence-corrected chi connectivity index (χ4v) is 1.95. The van der Waals surface area contributed by atoms with Crippen LogP contribution in [-0.2, 0) is 9.53 Å². The Labute approximate surface area is 141 Å². The number of ether oxygens (including phenoxy) is 2. The quantitative estimate of drug-likeness (QED) is 0.788. The van der Waals surface area contributed by atoms with E-state index >= 15 is 0 Å². The number of nitrogens with one attached hydrogen (secondary N) is 1. The number of esters is 1. The zero-order chi connectivity index (χ0) is 17.4. The van der Waals surface area contributed by atoms with Crippen LogP contribution in [0, 0.1) is 0 Å². The molecule has 0 spiro atoms. The number of carbonyl (C=O) groups excluding carboxylic acids is 2. The Morgan fingerprint density at radius 2 is 1.71 bits per heavy atom. The predicted molar refractivity (Wildman–Crippen MR) is 92.2 cm³/mol. The number of benzene rings is 2. The molecule has 5 heteroatoms. The summed E-state index contributed by atoms with van der Waals surface area (Å²) in [5, 5.41) is 2.69. The van der Waals surface area contributed by atoms with Gasteiger partial charge in [0.2, 0.25) is 0 Å². The van der Waals surface area contributed by atoms with Gasteiger partial charge < -0.3 is 14.8 Å². The van der Waals surface area contributed by atoms with Crippen LogP contribution in [-0.4, -0.2) is 24.6 Å². The van der Waals surface area contributed by atoms with Gasteiger partial charge in [-0.15, -0.1) is 0 Å². The van der Waals surface area contributed by atoms with Gasteiger partial charge in [0.25, 0.3) is 5.91 Å². The van der Waals surface area contributed by atoms with E-state index in [1.165, 1.54) is 6.92 Å². The number of rotatable bonds is 7. The van der Waals surface area contributed by atoms with Crippen molar-refractivity contribution in [1.82, 2.24) is 0 Å². The Morgan fingerprint density at radius 3 is 2.33 bits per heavy atom. The van der Waals surface area contributed by atoms with E-state index in [1.54, 1.807) is 36.4 Å². The molecule has 0 saturated heterocycles. The molecule has 24 heavy (non-hydrogen) atoms. The van der Waals surface area contributed by atoms with Crippen molar-refractivity contribution < 1.29 is 19.1 Å². The highest BCUT2D eigenvalue weighted by molar-refractivity contribution is 5.97. The summed E-state index contributed by atoms with van der Waals surface area (Å²) >= 11 is 0. The van der Waals surface area contributed by atoms with Gasteiger partial charge in [-0.25, -0.2) is 4.79 Å². The third-order valence-corrected chi connectivity index (χ3v) is 3.26. The molecular formula is C19H21NO4. The van der Waals surface area contributed by atoms with Crippen LogP contribution in [0.4, 0.5) is 5.69 Å². The van der Waals surface area contributed by atoms with E-state index in [2.05, 4.69) is 5.32 Å². The Kier molecular flexibility index (Phi) is 6.37. The Bertz CT molecular complexity index is 668. The van der Waals surface area contributed by atoms with Gasteiger partial charge in [-0.1, -0.05) is 25.1 Å². The predicted octanol–water partition coefficient (Wildman–Crippen LogP) is 3.66. The van der Waals surface area contributed by atoms with Crippen LogP contribution in [0.25, 0.3) is 0 Å². The summed E-state index contributed by atoms with van der Waals surface area (Å²) in [5.41, 5.74) is 1.03. The van der Waals surface area contributed by atoms with Crippen LogP contribution in [0.15, 0.2) is 54.6 Å². The van der Waals surface area contributed by atoms with Gasteiger partial charge in [0.15, 0.2) is 6.10 Å². The standard InChI is InChI=1S/C19H21NO4/c1-3-13-23-17-11-9-15(10-12-17)19(22)24-14(2)18(21)20-16-7-5-4-6-8-16/h4-12,14H,3,13H2,1-2H3,(H,20,21)/t14-/m1/s1. The largest absolute Gasteiger partial charge is 0.494 e. The molecule has 0 radical (unpaired) electrons. The number of carbonyl (C=O) groups is 2. The smallest absolute Gasteiger partial charge is 0.338 e. The third-order valence-electron chi connectivity index (χ3n) is 3.26. The molecule has 5 nitrogen and oxygen atoms in total. The average molecular weight is 327 g/mol. The van der Waals surface area contributed by atoms with E-state index in [-0.39, 0.29) is 5.91 Å². The maximum Gasteiger partial charge on any atom is 0.338 e. The zero-order valence-electron chi connectivity index (χ0n) is 13.8. The van der Waals surface area contributed by atoms with E-state index < -0.39 is 12.1 Å². The summed E-state index contributed by atoms with van der Waals surface area (Å²) < 4.78 is 10.7. The molecule has 0 fully saturated rings. The van der Waals surface area contributed by atoms with Crippen molar-refractivity contribution in [2.75, 3.05) is 11.9 Å². The van der Waals surface area contributed by atoms with Crippen molar-refractivity contribution in [2.24, 2.45) is 0 Å². The third kappa shape index (κ3) is 5.12. The first-order chi connectivity index (χ1) is 11.6. The lowest BCUT2D eigenvalue weighted by molar-refractivity contribution is -0.123.